The van der Waals surface area contributed by atoms with Crippen LogP contribution in [-0.4, -0.2) is 74.3 Å². The summed E-state index contributed by atoms with van der Waals surface area (Å²) in [6, 6.07) is 11.4. The Morgan fingerprint density at radius 3 is 2.66 bits per heavy atom. The molecule has 0 bridgehead atoms. The molecule has 2 aromatic carbocycles. The minimum Gasteiger partial charge on any atom is -0.476 e. The third kappa shape index (κ3) is 7.57. The zero-order valence-corrected chi connectivity index (χ0v) is 28.4. The Bertz CT molecular complexity index is 1790. The number of alkyl halides is 1. The fourth-order valence-corrected chi connectivity index (χ4v) is 6.65. The molecule has 13 nitrogen and oxygen atoms in total. The van der Waals surface area contributed by atoms with Gasteiger partial charge in [0.15, 0.2) is 23.6 Å². The highest BCUT2D eigenvalue weighted by atomic mass is 31.2. The van der Waals surface area contributed by atoms with Crippen molar-refractivity contribution in [3.8, 4) is 11.6 Å². The van der Waals surface area contributed by atoms with Crippen LogP contribution in [-0.2, 0) is 23.4 Å². The number of imidazole rings is 1. The first-order valence-electron chi connectivity index (χ1n) is 15.3. The molecule has 2 aromatic heterocycles. The Hall–Kier alpha value is -3.68. The van der Waals surface area contributed by atoms with Gasteiger partial charge in [-0.2, -0.15) is 10.1 Å². The summed E-state index contributed by atoms with van der Waals surface area (Å²) >= 11 is 0. The fourth-order valence-electron chi connectivity index (χ4n) is 5.13. The highest BCUT2D eigenvalue weighted by Crippen LogP contribution is 2.49. The molecule has 254 valence electrons. The Kier molecular flexibility index (Phi) is 9.91. The van der Waals surface area contributed by atoms with Crippen LogP contribution in [0.3, 0.4) is 0 Å². The predicted molar refractivity (Wildman–Crippen MR) is 172 cm³/mol. The van der Waals surface area contributed by atoms with E-state index in [0.717, 1.165) is 5.39 Å². The lowest BCUT2D eigenvalue weighted by molar-refractivity contribution is -0.148. The molecule has 0 aliphatic carbocycles. The third-order valence-corrected chi connectivity index (χ3v) is 9.08. The largest absolute Gasteiger partial charge is 0.476 e. The summed E-state index contributed by atoms with van der Waals surface area (Å²) in [6.07, 6.45) is -3.34. The Morgan fingerprint density at radius 1 is 1.21 bits per heavy atom. The highest BCUT2D eigenvalue weighted by Gasteiger charge is 2.55. The number of hydrogen-bond acceptors (Lipinski definition) is 11. The number of aromatic nitrogens is 4. The van der Waals surface area contributed by atoms with Crippen molar-refractivity contribution in [2.75, 3.05) is 19.8 Å². The number of hydrogen-bond donors (Lipinski definition) is 2. The molecule has 1 unspecified atom stereocenters. The van der Waals surface area contributed by atoms with Crippen LogP contribution < -0.4 is 14.3 Å². The van der Waals surface area contributed by atoms with Gasteiger partial charge in [-0.3, -0.25) is 13.9 Å². The SMILES string of the molecule is CCOc1nc(C)nc2c1ncn2[C@@H]1O[C@H](COP(=O)(N[C@@H](C)C(=O)OCC(C)(C)C)Oc2cccc3ccccc23)[C@@H](F)[C@@]1(C)O. The molecular formula is C32H41FN5O8P. The number of nitrogens with zero attached hydrogens (tertiary/aromatic N) is 4. The van der Waals surface area contributed by atoms with Gasteiger partial charge in [0.1, 0.15) is 29.3 Å². The lowest BCUT2D eigenvalue weighted by Gasteiger charge is -2.26. The highest BCUT2D eigenvalue weighted by molar-refractivity contribution is 7.52. The summed E-state index contributed by atoms with van der Waals surface area (Å²) in [4.78, 5) is 25.9. The molecule has 0 radical (unpaired) electrons. The normalized spacial score (nSPS) is 23.5. The van der Waals surface area contributed by atoms with E-state index in [4.69, 9.17) is 23.3 Å². The van der Waals surface area contributed by atoms with Crippen LogP contribution in [0.25, 0.3) is 21.9 Å². The van der Waals surface area contributed by atoms with Gasteiger partial charge >= 0.3 is 13.7 Å². The first-order valence-corrected chi connectivity index (χ1v) is 16.9. The van der Waals surface area contributed by atoms with Gasteiger partial charge in [0.2, 0.25) is 5.88 Å². The molecule has 0 amide bonds. The standard InChI is InChI=1S/C32H41FN5O8P/c1-8-42-28-25-27(35-20(3)36-28)38(18-34-25)30-32(7,40)26(33)24(45-30)16-44-47(41,37-19(2)29(39)43-17-31(4,5)6)46-23-15-11-13-21-12-9-10-14-22(21)23/h9-15,18-19,24,26,30,40H,8,16-17H2,1-7H3,(H,37,41)/t19-,24+,26+,30+,32+,47?/m0/s1. The molecule has 1 aliphatic heterocycles. The summed E-state index contributed by atoms with van der Waals surface area (Å²) in [5.74, 6) is 0.165. The van der Waals surface area contributed by atoms with Crippen LogP contribution in [0, 0.1) is 12.3 Å². The Balaban J connectivity index is 1.40. The maximum atomic E-state index is 15.9. The molecule has 15 heteroatoms. The van der Waals surface area contributed by atoms with Crippen LogP contribution in [0.2, 0.25) is 0 Å². The van der Waals surface area contributed by atoms with Crippen LogP contribution in [0.1, 0.15) is 53.6 Å². The van der Waals surface area contributed by atoms with Crippen molar-refractivity contribution in [1.29, 1.82) is 0 Å². The predicted octanol–water partition coefficient (Wildman–Crippen LogP) is 5.44. The van der Waals surface area contributed by atoms with Gasteiger partial charge < -0.3 is 23.8 Å². The summed E-state index contributed by atoms with van der Waals surface area (Å²) in [6.45, 7) is 11.8. The van der Waals surface area contributed by atoms with Gasteiger partial charge in [-0.25, -0.2) is 18.9 Å². The topological polar surface area (TPSA) is 156 Å². The second-order valence-electron chi connectivity index (χ2n) is 12.9. The molecule has 1 aliphatic rings. The maximum Gasteiger partial charge on any atom is 0.459 e. The van der Waals surface area contributed by atoms with E-state index in [-0.39, 0.29) is 29.3 Å². The first kappa shape index (κ1) is 34.6. The van der Waals surface area contributed by atoms with Crippen LogP contribution in [0.15, 0.2) is 48.8 Å². The number of carbonyl (C=O) groups excluding carboxylic acids is 1. The van der Waals surface area contributed by atoms with E-state index >= 15 is 4.39 Å². The number of esters is 1. The first-order chi connectivity index (χ1) is 22.1. The number of carbonyl (C=O) groups is 1. The number of halogens is 1. The van der Waals surface area contributed by atoms with Crippen molar-refractivity contribution >= 4 is 35.7 Å². The van der Waals surface area contributed by atoms with E-state index in [1.165, 1.54) is 24.7 Å². The van der Waals surface area contributed by atoms with Crippen molar-refractivity contribution in [3.05, 3.63) is 54.6 Å². The van der Waals surface area contributed by atoms with E-state index in [0.29, 0.717) is 23.3 Å². The average molecular weight is 674 g/mol. The summed E-state index contributed by atoms with van der Waals surface area (Å²) < 4.78 is 60.4. The van der Waals surface area contributed by atoms with Gasteiger partial charge in [0.25, 0.3) is 0 Å². The van der Waals surface area contributed by atoms with E-state index in [2.05, 4.69) is 20.0 Å². The molecule has 2 N–H and O–H groups in total. The summed E-state index contributed by atoms with van der Waals surface area (Å²) in [7, 11) is -4.42. The number of aryl methyl sites for hydroxylation is 1. The van der Waals surface area contributed by atoms with Crippen LogP contribution >= 0.6 is 7.75 Å². The number of rotatable bonds is 12. The molecule has 5 rings (SSSR count). The average Bonchev–Trinajstić information content (AvgIpc) is 3.52. The quantitative estimate of drug-likeness (QED) is 0.145. The second kappa shape index (κ2) is 13.4. The maximum absolute atomic E-state index is 15.9. The van der Waals surface area contributed by atoms with E-state index in [1.807, 2.05) is 39.0 Å². The molecule has 6 atom stereocenters. The van der Waals surface area contributed by atoms with Gasteiger partial charge in [-0.15, -0.1) is 0 Å². The third-order valence-electron chi connectivity index (χ3n) is 7.45. The Labute approximate surface area is 272 Å². The lowest BCUT2D eigenvalue weighted by Crippen LogP contribution is -2.42. The minimum atomic E-state index is -4.42. The van der Waals surface area contributed by atoms with E-state index < -0.39 is 50.5 Å². The molecule has 0 saturated carbocycles. The molecule has 0 spiro atoms. The number of aliphatic hydroxyl groups is 1. The monoisotopic (exact) mass is 673 g/mol. The zero-order valence-electron chi connectivity index (χ0n) is 27.5. The van der Waals surface area contributed by atoms with Crippen molar-refractivity contribution in [2.45, 2.75) is 78.6 Å². The zero-order chi connectivity index (χ0) is 34.1. The van der Waals surface area contributed by atoms with Crippen LogP contribution in [0.4, 0.5) is 4.39 Å². The van der Waals surface area contributed by atoms with Crippen molar-refractivity contribution in [2.24, 2.45) is 5.41 Å². The van der Waals surface area contributed by atoms with E-state index in [1.54, 1.807) is 38.1 Å². The second-order valence-corrected chi connectivity index (χ2v) is 14.6. The molecule has 47 heavy (non-hydrogen) atoms. The molecule has 1 saturated heterocycles. The number of fused-ring (bicyclic) bond motifs is 2. The van der Waals surface area contributed by atoms with Crippen LogP contribution in [0.5, 0.6) is 11.6 Å². The molecule has 3 heterocycles. The smallest absolute Gasteiger partial charge is 0.459 e. The Morgan fingerprint density at radius 2 is 1.94 bits per heavy atom. The van der Waals surface area contributed by atoms with Gasteiger partial charge in [0.05, 0.1) is 26.1 Å². The minimum absolute atomic E-state index is 0.128. The number of nitrogens with one attached hydrogen (secondary N) is 1. The van der Waals surface area contributed by atoms with Gasteiger partial charge in [-0.1, -0.05) is 57.2 Å². The van der Waals surface area contributed by atoms with Gasteiger partial charge in [-0.05, 0) is 44.6 Å². The van der Waals surface area contributed by atoms with Crippen molar-refractivity contribution in [3.63, 3.8) is 0 Å². The number of benzene rings is 2. The van der Waals surface area contributed by atoms with Crippen molar-refractivity contribution in [1.82, 2.24) is 24.6 Å². The fraction of sp³-hybridized carbons (Fsp3) is 0.500. The van der Waals surface area contributed by atoms with Crippen molar-refractivity contribution < 1.29 is 42.1 Å². The summed E-state index contributed by atoms with van der Waals surface area (Å²) in [5.41, 5.74) is -1.79. The van der Waals surface area contributed by atoms with Gasteiger partial charge in [0, 0.05) is 5.39 Å². The molecular weight excluding hydrogens is 632 g/mol. The van der Waals surface area contributed by atoms with E-state index in [9.17, 15) is 14.5 Å². The molecule has 4 aromatic rings. The molecule has 1 fully saturated rings. The lowest BCUT2D eigenvalue weighted by atomic mass is 9.98. The number of ether oxygens (including phenoxy) is 3. The summed E-state index contributed by atoms with van der Waals surface area (Å²) in [5, 5.41) is 15.4.